The molecule has 34 heavy (non-hydrogen) atoms. The summed E-state index contributed by atoms with van der Waals surface area (Å²) in [6, 6.07) is 7.97. The highest BCUT2D eigenvalue weighted by atomic mass is 32.2. The number of carbonyl (C=O) groups excluding carboxylic acids is 1. The van der Waals surface area contributed by atoms with Crippen molar-refractivity contribution in [2.75, 3.05) is 17.9 Å². The number of carbonyl (C=O) groups is 1. The van der Waals surface area contributed by atoms with Gasteiger partial charge in [-0.2, -0.15) is 5.26 Å². The van der Waals surface area contributed by atoms with Crippen LogP contribution in [0.2, 0.25) is 0 Å². The Morgan fingerprint density at radius 2 is 2.00 bits per heavy atom. The average molecular weight is 480 g/mol. The standard InChI is InChI=1S/C24H25N5O4S/c1-14-15(2)29(17-6-4-3-5-7-17)22(18(14)11-25)26-21(30)12-34-24-28-27-23(33-24)16-8-9-19-20(10-16)32-13-31-19/h8-10,17H,3-7,12-13H2,1-2H3,(H,26,30). The second-order valence-corrected chi connectivity index (χ2v) is 9.41. The molecule has 0 spiro atoms. The molecule has 1 aromatic carbocycles. The first-order valence-corrected chi connectivity index (χ1v) is 12.3. The van der Waals surface area contributed by atoms with Crippen molar-refractivity contribution in [3.8, 4) is 29.0 Å². The van der Waals surface area contributed by atoms with E-state index in [0.29, 0.717) is 45.6 Å². The van der Waals surface area contributed by atoms with E-state index >= 15 is 0 Å². The number of benzene rings is 1. The molecular weight excluding hydrogens is 454 g/mol. The van der Waals surface area contributed by atoms with E-state index in [1.165, 1.54) is 6.42 Å². The van der Waals surface area contributed by atoms with Gasteiger partial charge in [0.15, 0.2) is 11.5 Å². The molecule has 1 aliphatic carbocycles. The normalized spacial score (nSPS) is 15.3. The fraction of sp³-hybridized carbons (Fsp3) is 0.417. The summed E-state index contributed by atoms with van der Waals surface area (Å²) in [6.07, 6.45) is 5.67. The van der Waals surface area contributed by atoms with E-state index < -0.39 is 0 Å². The summed E-state index contributed by atoms with van der Waals surface area (Å²) in [6.45, 7) is 4.15. The van der Waals surface area contributed by atoms with Crippen LogP contribution in [-0.4, -0.2) is 33.2 Å². The predicted molar refractivity (Wildman–Crippen MR) is 126 cm³/mol. The number of ether oxygens (including phenoxy) is 2. The highest BCUT2D eigenvalue weighted by Gasteiger charge is 2.26. The molecular formula is C24H25N5O4S. The lowest BCUT2D eigenvalue weighted by Gasteiger charge is -2.27. The molecule has 176 valence electrons. The highest BCUT2D eigenvalue weighted by Crippen LogP contribution is 2.38. The fourth-order valence-corrected chi connectivity index (χ4v) is 5.16. The summed E-state index contributed by atoms with van der Waals surface area (Å²) in [5.41, 5.74) is 3.20. The molecule has 2 aliphatic rings. The SMILES string of the molecule is Cc1c(C#N)c(NC(=O)CSc2nnc(-c3ccc4c(c3)OCO4)o2)n(C2CCCCC2)c1C. The average Bonchev–Trinajstić information content (AvgIpc) is 3.57. The molecule has 1 fully saturated rings. The van der Waals surface area contributed by atoms with Crippen LogP contribution in [-0.2, 0) is 4.79 Å². The Labute approximate surface area is 201 Å². The maximum atomic E-state index is 12.8. The van der Waals surface area contributed by atoms with Crippen LogP contribution < -0.4 is 14.8 Å². The minimum absolute atomic E-state index is 0.0849. The molecule has 0 radical (unpaired) electrons. The van der Waals surface area contributed by atoms with E-state index in [1.807, 2.05) is 19.9 Å². The van der Waals surface area contributed by atoms with Crippen molar-refractivity contribution in [2.45, 2.75) is 57.2 Å². The monoisotopic (exact) mass is 479 g/mol. The lowest BCUT2D eigenvalue weighted by Crippen LogP contribution is -2.21. The van der Waals surface area contributed by atoms with E-state index in [0.717, 1.165) is 48.7 Å². The van der Waals surface area contributed by atoms with Crippen LogP contribution in [0.1, 0.15) is 55.0 Å². The lowest BCUT2D eigenvalue weighted by molar-refractivity contribution is -0.113. The van der Waals surface area contributed by atoms with Gasteiger partial charge in [-0.1, -0.05) is 31.0 Å². The Morgan fingerprint density at radius 1 is 1.21 bits per heavy atom. The number of aromatic nitrogens is 3. The minimum Gasteiger partial charge on any atom is -0.454 e. The smallest absolute Gasteiger partial charge is 0.277 e. The summed E-state index contributed by atoms with van der Waals surface area (Å²) in [5.74, 6) is 2.10. The predicted octanol–water partition coefficient (Wildman–Crippen LogP) is 4.99. The number of thioether (sulfide) groups is 1. The Balaban J connectivity index is 1.27. The molecule has 1 saturated carbocycles. The van der Waals surface area contributed by atoms with Gasteiger partial charge in [0.2, 0.25) is 18.6 Å². The molecule has 1 N–H and O–H groups in total. The highest BCUT2D eigenvalue weighted by molar-refractivity contribution is 7.99. The van der Waals surface area contributed by atoms with Crippen LogP contribution >= 0.6 is 11.8 Å². The number of nitrogens with one attached hydrogen (secondary N) is 1. The molecule has 1 amide bonds. The van der Waals surface area contributed by atoms with Crippen LogP contribution in [0.15, 0.2) is 27.8 Å². The third-order valence-electron chi connectivity index (χ3n) is 6.42. The van der Waals surface area contributed by atoms with Gasteiger partial charge in [0.1, 0.15) is 11.9 Å². The first-order valence-electron chi connectivity index (χ1n) is 11.3. The Morgan fingerprint density at radius 3 is 2.79 bits per heavy atom. The molecule has 3 heterocycles. The van der Waals surface area contributed by atoms with Crippen molar-refractivity contribution in [1.82, 2.24) is 14.8 Å². The van der Waals surface area contributed by atoms with Crippen molar-refractivity contribution in [3.63, 3.8) is 0 Å². The number of anilines is 1. The number of nitrogens with zero attached hydrogens (tertiary/aromatic N) is 4. The summed E-state index contributed by atoms with van der Waals surface area (Å²) in [7, 11) is 0. The largest absolute Gasteiger partial charge is 0.454 e. The van der Waals surface area contributed by atoms with Crippen molar-refractivity contribution in [1.29, 1.82) is 5.26 Å². The van der Waals surface area contributed by atoms with Gasteiger partial charge in [0, 0.05) is 17.3 Å². The lowest BCUT2D eigenvalue weighted by atomic mass is 9.95. The Hall–Kier alpha value is -3.45. The molecule has 10 heteroatoms. The zero-order chi connectivity index (χ0) is 23.7. The summed E-state index contributed by atoms with van der Waals surface area (Å²) in [4.78, 5) is 12.8. The van der Waals surface area contributed by atoms with Gasteiger partial charge < -0.3 is 23.8 Å². The third-order valence-corrected chi connectivity index (χ3v) is 7.24. The number of fused-ring (bicyclic) bond motifs is 1. The van der Waals surface area contributed by atoms with Crippen LogP contribution in [0.25, 0.3) is 11.5 Å². The van der Waals surface area contributed by atoms with Gasteiger partial charge in [-0.15, -0.1) is 10.2 Å². The van der Waals surface area contributed by atoms with Gasteiger partial charge in [-0.05, 0) is 50.5 Å². The molecule has 9 nitrogen and oxygen atoms in total. The molecule has 5 rings (SSSR count). The molecule has 1 aliphatic heterocycles. The van der Waals surface area contributed by atoms with Crippen molar-refractivity contribution in [3.05, 3.63) is 35.0 Å². The van der Waals surface area contributed by atoms with Crippen molar-refractivity contribution in [2.24, 2.45) is 0 Å². The molecule has 2 aromatic heterocycles. The summed E-state index contributed by atoms with van der Waals surface area (Å²) >= 11 is 1.15. The van der Waals surface area contributed by atoms with Crippen LogP contribution in [0.3, 0.4) is 0 Å². The van der Waals surface area contributed by atoms with Crippen LogP contribution in [0.4, 0.5) is 5.82 Å². The first kappa shape index (κ1) is 22.3. The maximum absolute atomic E-state index is 12.8. The molecule has 0 atom stereocenters. The first-order chi connectivity index (χ1) is 16.5. The van der Waals surface area contributed by atoms with Gasteiger partial charge in [-0.3, -0.25) is 4.79 Å². The van der Waals surface area contributed by atoms with Crippen LogP contribution in [0, 0.1) is 25.2 Å². The Bertz CT molecular complexity index is 1270. The number of hydrogen-bond acceptors (Lipinski definition) is 8. The van der Waals surface area contributed by atoms with Gasteiger partial charge in [0.05, 0.1) is 11.3 Å². The second kappa shape index (κ2) is 9.43. The van der Waals surface area contributed by atoms with E-state index in [-0.39, 0.29) is 18.5 Å². The Kier molecular flexibility index (Phi) is 6.20. The van der Waals surface area contributed by atoms with Gasteiger partial charge in [0.25, 0.3) is 5.22 Å². The second-order valence-electron chi connectivity index (χ2n) is 8.49. The van der Waals surface area contributed by atoms with E-state index in [9.17, 15) is 10.1 Å². The third kappa shape index (κ3) is 4.23. The number of hydrogen-bond donors (Lipinski definition) is 1. The summed E-state index contributed by atoms with van der Waals surface area (Å²) in [5, 5.41) is 21.2. The number of nitriles is 1. The van der Waals surface area contributed by atoms with Crippen molar-refractivity contribution >= 4 is 23.5 Å². The van der Waals surface area contributed by atoms with Gasteiger partial charge >= 0.3 is 0 Å². The summed E-state index contributed by atoms with van der Waals surface area (Å²) < 4.78 is 18.6. The van der Waals surface area contributed by atoms with Gasteiger partial charge in [-0.25, -0.2) is 0 Å². The van der Waals surface area contributed by atoms with E-state index in [4.69, 9.17) is 13.9 Å². The fourth-order valence-electron chi connectivity index (χ4n) is 4.59. The maximum Gasteiger partial charge on any atom is 0.277 e. The molecule has 3 aromatic rings. The minimum atomic E-state index is -0.223. The number of rotatable bonds is 6. The topological polar surface area (TPSA) is 115 Å². The van der Waals surface area contributed by atoms with E-state index in [1.54, 1.807) is 12.1 Å². The van der Waals surface area contributed by atoms with Crippen LogP contribution in [0.5, 0.6) is 11.5 Å². The number of amides is 1. The molecule has 0 unspecified atom stereocenters. The molecule has 0 saturated heterocycles. The molecule has 0 bridgehead atoms. The van der Waals surface area contributed by atoms with Crippen molar-refractivity contribution < 1.29 is 18.7 Å². The van der Waals surface area contributed by atoms with E-state index in [2.05, 4.69) is 26.2 Å². The quantitative estimate of drug-likeness (QED) is 0.492. The zero-order valence-corrected chi connectivity index (χ0v) is 19.9. The zero-order valence-electron chi connectivity index (χ0n) is 19.1.